The Morgan fingerprint density at radius 3 is 2.61 bits per heavy atom. The van der Waals surface area contributed by atoms with Gasteiger partial charge in [-0.2, -0.15) is 5.26 Å². The van der Waals surface area contributed by atoms with Crippen molar-refractivity contribution in [2.75, 3.05) is 19.0 Å². The molecule has 2 unspecified atom stereocenters. The van der Waals surface area contributed by atoms with Gasteiger partial charge in [0.15, 0.2) is 0 Å². The molecule has 0 aliphatic carbocycles. The van der Waals surface area contributed by atoms with Crippen LogP contribution in [0.2, 0.25) is 0 Å². The summed E-state index contributed by atoms with van der Waals surface area (Å²) in [5.41, 5.74) is 2.36. The lowest BCUT2D eigenvalue weighted by Crippen LogP contribution is -2.28. The first-order valence-electron chi connectivity index (χ1n) is 6.07. The van der Waals surface area contributed by atoms with Crippen molar-refractivity contribution in [3.63, 3.8) is 0 Å². The van der Waals surface area contributed by atoms with Crippen LogP contribution < -0.4 is 10.2 Å². The van der Waals surface area contributed by atoms with E-state index in [4.69, 9.17) is 5.26 Å². The lowest BCUT2D eigenvalue weighted by Gasteiger charge is -2.27. The minimum Gasteiger partial charge on any atom is -0.370 e. The molecule has 0 bridgehead atoms. The van der Waals surface area contributed by atoms with Crippen molar-refractivity contribution < 1.29 is 0 Å². The second kappa shape index (κ2) is 6.77. The van der Waals surface area contributed by atoms with E-state index < -0.39 is 0 Å². The van der Waals surface area contributed by atoms with Crippen LogP contribution in [-0.2, 0) is 0 Å². The Morgan fingerprint density at radius 2 is 2.11 bits per heavy atom. The normalized spacial score (nSPS) is 13.8. The molecule has 0 aliphatic rings. The largest absolute Gasteiger partial charge is 0.370 e. The second-order valence-corrected chi connectivity index (χ2v) is 5.40. The first-order chi connectivity index (χ1) is 8.51. The van der Waals surface area contributed by atoms with Crippen molar-refractivity contribution in [1.82, 2.24) is 5.32 Å². The number of halogens is 1. The molecule has 0 saturated heterocycles. The summed E-state index contributed by atoms with van der Waals surface area (Å²) in [6, 6.07) is 9.10. The van der Waals surface area contributed by atoms with Crippen molar-refractivity contribution in [2.24, 2.45) is 0 Å². The van der Waals surface area contributed by atoms with Gasteiger partial charge in [0.2, 0.25) is 0 Å². The van der Waals surface area contributed by atoms with Gasteiger partial charge in [0.05, 0.1) is 18.2 Å². The fourth-order valence-electron chi connectivity index (χ4n) is 1.75. The Morgan fingerprint density at radius 1 is 1.44 bits per heavy atom. The molecular formula is C14H20BrN3. The fourth-order valence-corrected chi connectivity index (χ4v) is 2.43. The van der Waals surface area contributed by atoms with E-state index >= 15 is 0 Å². The molecule has 4 heteroatoms. The van der Waals surface area contributed by atoms with Crippen molar-refractivity contribution in [2.45, 2.75) is 32.4 Å². The molecule has 0 spiro atoms. The second-order valence-electron chi connectivity index (χ2n) is 4.54. The van der Waals surface area contributed by atoms with E-state index in [1.54, 1.807) is 0 Å². The zero-order chi connectivity index (χ0) is 13.7. The van der Waals surface area contributed by atoms with Crippen LogP contribution in [0.5, 0.6) is 0 Å². The summed E-state index contributed by atoms with van der Waals surface area (Å²) in [5, 5.41) is 12.0. The summed E-state index contributed by atoms with van der Waals surface area (Å²) < 4.78 is 1.06. The average molecular weight is 310 g/mol. The molecule has 0 amide bonds. The molecule has 3 nitrogen and oxygen atoms in total. The van der Waals surface area contributed by atoms with Gasteiger partial charge in [-0.1, -0.05) is 6.07 Å². The smallest absolute Gasteiger partial charge is 0.0643 e. The van der Waals surface area contributed by atoms with E-state index in [0.717, 1.165) is 10.2 Å². The highest BCUT2D eigenvalue weighted by Gasteiger charge is 2.13. The highest BCUT2D eigenvalue weighted by molar-refractivity contribution is 9.10. The molecule has 2 atom stereocenters. The Labute approximate surface area is 118 Å². The fraction of sp³-hybridized carbons (Fsp3) is 0.500. The Kier molecular flexibility index (Phi) is 5.64. The highest BCUT2D eigenvalue weighted by Crippen LogP contribution is 2.30. The summed E-state index contributed by atoms with van der Waals surface area (Å²) in [4.78, 5) is 2.13. The zero-order valence-electron chi connectivity index (χ0n) is 11.4. The summed E-state index contributed by atoms with van der Waals surface area (Å²) in [5.74, 6) is 0. The number of hydrogen-bond donors (Lipinski definition) is 1. The van der Waals surface area contributed by atoms with Crippen LogP contribution >= 0.6 is 15.9 Å². The summed E-state index contributed by atoms with van der Waals surface area (Å²) >= 11 is 3.61. The maximum Gasteiger partial charge on any atom is 0.0643 e. The van der Waals surface area contributed by atoms with Gasteiger partial charge in [-0.25, -0.2) is 0 Å². The molecule has 0 fully saturated rings. The third-order valence-electron chi connectivity index (χ3n) is 3.33. The maximum atomic E-state index is 8.75. The van der Waals surface area contributed by atoms with E-state index in [0.29, 0.717) is 12.5 Å². The first kappa shape index (κ1) is 15.0. The lowest BCUT2D eigenvalue weighted by molar-refractivity contribution is 0.651. The standard InChI is InChI=1S/C14H20BrN3/c1-10(7-8-16)18(4)14-6-5-12(9-13(14)15)11(2)17-3/h5-6,9-11,17H,7H2,1-4H3. The lowest BCUT2D eigenvalue weighted by atomic mass is 10.1. The molecule has 0 saturated carbocycles. The zero-order valence-corrected chi connectivity index (χ0v) is 13.0. The van der Waals surface area contributed by atoms with Crippen LogP contribution in [0.3, 0.4) is 0 Å². The molecule has 18 heavy (non-hydrogen) atoms. The topological polar surface area (TPSA) is 39.1 Å². The Hall–Kier alpha value is -1.05. The molecule has 98 valence electrons. The number of benzene rings is 1. The molecule has 1 aromatic rings. The molecule has 0 heterocycles. The van der Waals surface area contributed by atoms with E-state index in [2.05, 4.69) is 64.3 Å². The molecule has 1 rings (SSSR count). The number of rotatable bonds is 5. The van der Waals surface area contributed by atoms with Crippen molar-refractivity contribution in [3.05, 3.63) is 28.2 Å². The van der Waals surface area contributed by atoms with Gasteiger partial charge >= 0.3 is 0 Å². The van der Waals surface area contributed by atoms with Crippen LogP contribution in [-0.4, -0.2) is 20.1 Å². The predicted octanol–water partition coefficient (Wildman–Crippen LogP) is 3.47. The highest BCUT2D eigenvalue weighted by atomic mass is 79.9. The summed E-state index contributed by atoms with van der Waals surface area (Å²) in [7, 11) is 3.97. The molecule has 0 aliphatic heterocycles. The first-order valence-corrected chi connectivity index (χ1v) is 6.87. The van der Waals surface area contributed by atoms with Gasteiger partial charge < -0.3 is 10.2 Å². The average Bonchev–Trinajstić information content (AvgIpc) is 2.37. The van der Waals surface area contributed by atoms with E-state index in [1.165, 1.54) is 5.56 Å². The number of nitrogens with zero attached hydrogens (tertiary/aromatic N) is 2. The van der Waals surface area contributed by atoms with Crippen LogP contribution in [0.25, 0.3) is 0 Å². The Balaban J connectivity index is 2.95. The number of anilines is 1. The third kappa shape index (κ3) is 3.47. The molecular weight excluding hydrogens is 290 g/mol. The maximum absolute atomic E-state index is 8.75. The van der Waals surface area contributed by atoms with Crippen LogP contribution in [0.4, 0.5) is 5.69 Å². The minimum absolute atomic E-state index is 0.207. The summed E-state index contributed by atoms with van der Waals surface area (Å²) in [6.45, 7) is 4.18. The van der Waals surface area contributed by atoms with Crippen molar-refractivity contribution in [1.29, 1.82) is 5.26 Å². The third-order valence-corrected chi connectivity index (χ3v) is 3.97. The van der Waals surface area contributed by atoms with Gasteiger partial charge in [-0.05, 0) is 54.5 Å². The number of nitrogens with one attached hydrogen (secondary N) is 1. The van der Waals surface area contributed by atoms with Gasteiger partial charge in [-0.15, -0.1) is 0 Å². The van der Waals surface area contributed by atoms with Crippen LogP contribution in [0, 0.1) is 11.3 Å². The number of nitriles is 1. The van der Waals surface area contributed by atoms with Crippen LogP contribution in [0.15, 0.2) is 22.7 Å². The predicted molar refractivity (Wildman–Crippen MR) is 79.7 cm³/mol. The van der Waals surface area contributed by atoms with Gasteiger partial charge in [0.25, 0.3) is 0 Å². The van der Waals surface area contributed by atoms with Crippen molar-refractivity contribution in [3.8, 4) is 6.07 Å². The quantitative estimate of drug-likeness (QED) is 0.905. The molecule has 0 aromatic heterocycles. The summed E-state index contributed by atoms with van der Waals surface area (Å²) in [6.07, 6.45) is 0.525. The van der Waals surface area contributed by atoms with Crippen LogP contribution in [0.1, 0.15) is 31.9 Å². The molecule has 1 aromatic carbocycles. The molecule has 1 N–H and O–H groups in total. The van der Waals surface area contributed by atoms with Gasteiger partial charge in [0, 0.05) is 23.6 Å². The van der Waals surface area contributed by atoms with E-state index in [9.17, 15) is 0 Å². The Bertz CT molecular complexity index is 439. The molecule has 0 radical (unpaired) electrons. The van der Waals surface area contributed by atoms with E-state index in [1.807, 2.05) is 14.1 Å². The van der Waals surface area contributed by atoms with E-state index in [-0.39, 0.29) is 6.04 Å². The van der Waals surface area contributed by atoms with Crippen molar-refractivity contribution >= 4 is 21.6 Å². The minimum atomic E-state index is 0.207. The SMILES string of the molecule is CNC(C)c1ccc(N(C)C(C)CC#N)c(Br)c1. The monoisotopic (exact) mass is 309 g/mol. The number of hydrogen-bond acceptors (Lipinski definition) is 3. The van der Waals surface area contributed by atoms with Gasteiger partial charge in [0.1, 0.15) is 0 Å². The van der Waals surface area contributed by atoms with Gasteiger partial charge in [-0.3, -0.25) is 0 Å².